The molecule has 114 valence electrons. The molecule has 2 aromatic carbocycles. The molecule has 1 heterocycles. The van der Waals surface area contributed by atoms with Gasteiger partial charge in [0.1, 0.15) is 12.4 Å². The van der Waals surface area contributed by atoms with E-state index in [0.717, 1.165) is 16.9 Å². The van der Waals surface area contributed by atoms with Crippen molar-refractivity contribution >= 4 is 16.7 Å². The smallest absolute Gasteiger partial charge is 0.197 e. The highest BCUT2D eigenvalue weighted by Crippen LogP contribution is 2.14. The Morgan fingerprint density at radius 3 is 2.59 bits per heavy atom. The average Bonchev–Trinajstić information content (AvgIpc) is 2.96. The summed E-state index contributed by atoms with van der Waals surface area (Å²) >= 11 is 0. The summed E-state index contributed by atoms with van der Waals surface area (Å²) in [6.45, 7) is 2.60. The van der Waals surface area contributed by atoms with Crippen LogP contribution in [0.15, 0.2) is 64.5 Å². The average molecular weight is 313 g/mol. The van der Waals surface area contributed by atoms with Gasteiger partial charge in [0, 0.05) is 4.90 Å². The molecule has 1 unspecified atom stereocenters. The van der Waals surface area contributed by atoms with Crippen LogP contribution in [0.4, 0.5) is 0 Å². The van der Waals surface area contributed by atoms with Gasteiger partial charge in [0.15, 0.2) is 5.90 Å². The highest BCUT2D eigenvalue weighted by molar-refractivity contribution is 7.85. The van der Waals surface area contributed by atoms with E-state index in [4.69, 9.17) is 4.74 Å². The summed E-state index contributed by atoms with van der Waals surface area (Å²) in [5, 5.41) is 0. The fourth-order valence-electron chi connectivity index (χ4n) is 2.43. The van der Waals surface area contributed by atoms with Gasteiger partial charge in [-0.15, -0.1) is 0 Å². The zero-order valence-electron chi connectivity index (χ0n) is 12.6. The first kappa shape index (κ1) is 15.0. The maximum absolute atomic E-state index is 12.3. The molecule has 3 rings (SSSR count). The SMILES string of the molecule is Cc1ccc(S(=O)CC2=N[C@@H](Cc3ccccc3)CO2)cc1. The van der Waals surface area contributed by atoms with Crippen molar-refractivity contribution in [2.24, 2.45) is 4.99 Å². The molecule has 3 nitrogen and oxygen atoms in total. The fourth-order valence-corrected chi connectivity index (χ4v) is 3.41. The van der Waals surface area contributed by atoms with Crippen molar-refractivity contribution in [2.75, 3.05) is 12.4 Å². The Hall–Kier alpha value is -1.94. The standard InChI is InChI=1S/C18H19NO2S/c1-14-7-9-17(10-8-14)22(20)13-18-19-16(12-21-18)11-15-5-3-2-4-6-15/h2-10,16H,11-13H2,1H3/t16-,22?/m0/s1. The number of nitrogens with zero attached hydrogens (tertiary/aromatic N) is 1. The van der Waals surface area contributed by atoms with Crippen LogP contribution in [0.25, 0.3) is 0 Å². The second kappa shape index (κ2) is 6.88. The normalized spacial score (nSPS) is 18.6. The molecule has 0 amide bonds. The van der Waals surface area contributed by atoms with E-state index in [1.165, 1.54) is 5.56 Å². The maximum Gasteiger partial charge on any atom is 0.197 e. The van der Waals surface area contributed by atoms with Gasteiger partial charge in [-0.2, -0.15) is 0 Å². The lowest BCUT2D eigenvalue weighted by Crippen LogP contribution is -2.11. The Morgan fingerprint density at radius 2 is 1.86 bits per heavy atom. The van der Waals surface area contributed by atoms with Crippen LogP contribution in [0, 0.1) is 6.92 Å². The monoisotopic (exact) mass is 313 g/mol. The van der Waals surface area contributed by atoms with Gasteiger partial charge in [-0.3, -0.25) is 4.21 Å². The first-order valence-electron chi connectivity index (χ1n) is 7.39. The predicted octanol–water partition coefficient (Wildman–Crippen LogP) is 3.14. The summed E-state index contributed by atoms with van der Waals surface area (Å²) in [5.74, 6) is 0.966. The minimum absolute atomic E-state index is 0.132. The molecule has 0 aromatic heterocycles. The molecule has 2 aromatic rings. The molecule has 0 fully saturated rings. The van der Waals surface area contributed by atoms with Crippen molar-refractivity contribution in [2.45, 2.75) is 24.3 Å². The second-order valence-corrected chi connectivity index (χ2v) is 6.93. The zero-order chi connectivity index (χ0) is 15.4. The molecular weight excluding hydrogens is 294 g/mol. The number of aryl methyl sites for hydroxylation is 1. The maximum atomic E-state index is 12.3. The van der Waals surface area contributed by atoms with Crippen LogP contribution in [0.3, 0.4) is 0 Å². The molecule has 0 saturated carbocycles. The second-order valence-electron chi connectivity index (χ2n) is 5.48. The van der Waals surface area contributed by atoms with Crippen LogP contribution >= 0.6 is 0 Å². The van der Waals surface area contributed by atoms with Crippen molar-refractivity contribution in [1.82, 2.24) is 0 Å². The number of aliphatic imine (C=N–C) groups is 1. The van der Waals surface area contributed by atoms with Gasteiger partial charge >= 0.3 is 0 Å². The molecule has 0 aliphatic carbocycles. The largest absolute Gasteiger partial charge is 0.478 e. The van der Waals surface area contributed by atoms with E-state index >= 15 is 0 Å². The quantitative estimate of drug-likeness (QED) is 0.850. The van der Waals surface area contributed by atoms with Crippen molar-refractivity contribution < 1.29 is 8.95 Å². The summed E-state index contributed by atoms with van der Waals surface area (Å²) in [7, 11) is -1.10. The molecule has 4 heteroatoms. The van der Waals surface area contributed by atoms with E-state index in [-0.39, 0.29) is 6.04 Å². The van der Waals surface area contributed by atoms with Crippen molar-refractivity contribution in [3.8, 4) is 0 Å². The van der Waals surface area contributed by atoms with E-state index in [2.05, 4.69) is 17.1 Å². The number of benzene rings is 2. The number of hydrogen-bond donors (Lipinski definition) is 0. The lowest BCUT2D eigenvalue weighted by molar-refractivity contribution is 0.314. The molecule has 2 atom stereocenters. The minimum atomic E-state index is -1.10. The van der Waals surface area contributed by atoms with E-state index in [1.54, 1.807) is 0 Å². The Morgan fingerprint density at radius 1 is 1.14 bits per heavy atom. The van der Waals surface area contributed by atoms with Crippen LogP contribution in [0.2, 0.25) is 0 Å². The molecule has 0 radical (unpaired) electrons. The fraction of sp³-hybridized carbons (Fsp3) is 0.278. The highest BCUT2D eigenvalue weighted by Gasteiger charge is 2.21. The lowest BCUT2D eigenvalue weighted by atomic mass is 10.1. The van der Waals surface area contributed by atoms with Crippen molar-refractivity contribution in [3.63, 3.8) is 0 Å². The van der Waals surface area contributed by atoms with Crippen molar-refractivity contribution in [3.05, 3.63) is 65.7 Å². The van der Waals surface area contributed by atoms with Crippen LogP contribution in [-0.2, 0) is 22.0 Å². The third kappa shape index (κ3) is 3.83. The summed E-state index contributed by atoms with van der Waals surface area (Å²) in [4.78, 5) is 5.39. The van der Waals surface area contributed by atoms with Crippen LogP contribution in [0.1, 0.15) is 11.1 Å². The first-order valence-corrected chi connectivity index (χ1v) is 8.71. The molecule has 0 spiro atoms. The molecule has 1 aliphatic heterocycles. The van der Waals surface area contributed by atoms with E-state index in [0.29, 0.717) is 18.3 Å². The minimum Gasteiger partial charge on any atom is -0.478 e. The lowest BCUT2D eigenvalue weighted by Gasteiger charge is -2.04. The van der Waals surface area contributed by atoms with Gasteiger partial charge in [-0.1, -0.05) is 48.0 Å². The van der Waals surface area contributed by atoms with Crippen LogP contribution in [0.5, 0.6) is 0 Å². The zero-order valence-corrected chi connectivity index (χ0v) is 13.4. The third-order valence-electron chi connectivity index (χ3n) is 3.62. The number of ether oxygens (including phenoxy) is 1. The third-order valence-corrected chi connectivity index (χ3v) is 4.93. The van der Waals surface area contributed by atoms with Gasteiger partial charge in [0.25, 0.3) is 0 Å². The first-order chi connectivity index (χ1) is 10.7. The summed E-state index contributed by atoms with van der Waals surface area (Å²) in [5.41, 5.74) is 2.42. The van der Waals surface area contributed by atoms with Crippen molar-refractivity contribution in [1.29, 1.82) is 0 Å². The summed E-state index contributed by atoms with van der Waals surface area (Å²) < 4.78 is 17.9. The molecule has 0 N–H and O–H groups in total. The molecule has 0 bridgehead atoms. The van der Waals surface area contributed by atoms with Gasteiger partial charge in [0.2, 0.25) is 0 Å². The van der Waals surface area contributed by atoms with E-state index in [9.17, 15) is 4.21 Å². The highest BCUT2D eigenvalue weighted by atomic mass is 32.2. The van der Waals surface area contributed by atoms with Crippen LogP contribution in [-0.4, -0.2) is 28.5 Å². The molecular formula is C18H19NO2S. The summed E-state index contributed by atoms with van der Waals surface area (Å²) in [6, 6.07) is 18.2. The topological polar surface area (TPSA) is 38.7 Å². The number of hydrogen-bond acceptors (Lipinski definition) is 3. The van der Waals surface area contributed by atoms with Gasteiger partial charge in [0.05, 0.1) is 16.8 Å². The Labute approximate surface area is 133 Å². The van der Waals surface area contributed by atoms with E-state index in [1.807, 2.05) is 49.4 Å². The van der Waals surface area contributed by atoms with E-state index < -0.39 is 10.8 Å². The van der Waals surface area contributed by atoms with Gasteiger partial charge in [-0.25, -0.2) is 4.99 Å². The van der Waals surface area contributed by atoms with Crippen LogP contribution < -0.4 is 0 Å². The Bertz CT molecular complexity index is 680. The van der Waals surface area contributed by atoms with Gasteiger partial charge < -0.3 is 4.74 Å². The van der Waals surface area contributed by atoms with Gasteiger partial charge in [-0.05, 0) is 31.0 Å². The number of rotatable bonds is 5. The summed E-state index contributed by atoms with van der Waals surface area (Å²) in [6.07, 6.45) is 0.863. The molecule has 0 saturated heterocycles. The molecule has 1 aliphatic rings. The Balaban J connectivity index is 1.60. The molecule has 22 heavy (non-hydrogen) atoms. The Kier molecular flexibility index (Phi) is 4.68. The predicted molar refractivity (Wildman–Crippen MR) is 89.8 cm³/mol.